The van der Waals surface area contributed by atoms with Gasteiger partial charge >= 0.3 is 6.08 Å². The van der Waals surface area contributed by atoms with Gasteiger partial charge in [-0.2, -0.15) is 13.8 Å². The Morgan fingerprint density at radius 1 is 1.41 bits per heavy atom. The van der Waals surface area contributed by atoms with Crippen molar-refractivity contribution in [3.63, 3.8) is 0 Å². The number of rotatable bonds is 8. The minimum Gasteiger partial charge on any atom is -0.480 e. The first-order valence-electron chi connectivity index (χ1n) is 5.94. The van der Waals surface area contributed by atoms with E-state index in [0.717, 1.165) is 11.3 Å². The van der Waals surface area contributed by atoms with Crippen molar-refractivity contribution in [1.82, 2.24) is 4.98 Å². The van der Waals surface area contributed by atoms with Crippen molar-refractivity contribution >= 4 is 27.4 Å². The average Bonchev–Trinajstić information content (AvgIpc) is 2.89. The molecule has 0 aliphatic heterocycles. The number of oxime groups is 1. The molecule has 0 aliphatic rings. The van der Waals surface area contributed by atoms with Gasteiger partial charge in [0.2, 0.25) is 20.1 Å². The van der Waals surface area contributed by atoms with Gasteiger partial charge in [-0.15, -0.1) is 0 Å². The highest BCUT2D eigenvalue weighted by molar-refractivity contribution is 7.93. The van der Waals surface area contributed by atoms with Crippen molar-refractivity contribution in [2.24, 2.45) is 5.16 Å². The number of halogens is 3. The third-order valence-corrected chi connectivity index (χ3v) is 5.37. The van der Waals surface area contributed by atoms with Gasteiger partial charge in [0, 0.05) is 6.42 Å². The normalized spacial score (nSPS) is 11.7. The molecule has 0 unspecified atom stereocenters. The highest BCUT2D eigenvalue weighted by Crippen LogP contribution is 2.28. The van der Waals surface area contributed by atoms with E-state index in [9.17, 15) is 21.6 Å². The van der Waals surface area contributed by atoms with Gasteiger partial charge in [0.1, 0.15) is 11.5 Å². The highest BCUT2D eigenvalue weighted by Gasteiger charge is 2.23. The number of aromatic nitrogens is 1. The summed E-state index contributed by atoms with van der Waals surface area (Å²) < 4.78 is 65.0. The molecule has 0 amide bonds. The van der Waals surface area contributed by atoms with Crippen LogP contribution in [0.3, 0.4) is 0 Å². The van der Waals surface area contributed by atoms with E-state index in [0.29, 0.717) is 6.61 Å². The van der Waals surface area contributed by atoms with Crippen molar-refractivity contribution in [2.75, 3.05) is 19.5 Å². The number of sulfone groups is 1. The van der Waals surface area contributed by atoms with Crippen molar-refractivity contribution in [3.8, 4) is 5.88 Å². The standard InChI is InChI=1S/C11H13F3N2O4S2/c1-3-20-15-6-8-10(19-2)16-11(21-8)22(17,18)5-4-7(12)9(13)14/h6H,3-5H2,1-2H3. The molecule has 0 aliphatic carbocycles. The SMILES string of the molecule is CCON=Cc1sc(S(=O)(=O)CCC(F)=C(F)F)nc1OC. The second kappa shape index (κ2) is 8.13. The zero-order valence-electron chi connectivity index (χ0n) is 11.7. The molecule has 0 saturated heterocycles. The van der Waals surface area contributed by atoms with Crippen molar-refractivity contribution in [2.45, 2.75) is 17.7 Å². The van der Waals surface area contributed by atoms with Crippen LogP contribution in [-0.2, 0) is 14.7 Å². The van der Waals surface area contributed by atoms with Crippen molar-refractivity contribution < 1.29 is 31.2 Å². The summed E-state index contributed by atoms with van der Waals surface area (Å²) in [7, 11) is -2.73. The lowest BCUT2D eigenvalue weighted by Gasteiger charge is -1.98. The molecule has 124 valence electrons. The molecule has 6 nitrogen and oxygen atoms in total. The molecule has 11 heteroatoms. The fraction of sp³-hybridized carbons (Fsp3) is 0.455. The summed E-state index contributed by atoms with van der Waals surface area (Å²) in [4.78, 5) is 8.76. The van der Waals surface area contributed by atoms with Crippen molar-refractivity contribution in [3.05, 3.63) is 16.8 Å². The minimum absolute atomic E-state index is 0.000265. The molecule has 0 bridgehead atoms. The Morgan fingerprint density at radius 2 is 2.09 bits per heavy atom. The van der Waals surface area contributed by atoms with Crippen LogP contribution in [0.1, 0.15) is 18.2 Å². The molecule has 0 spiro atoms. The summed E-state index contributed by atoms with van der Waals surface area (Å²) in [5, 5.41) is 3.57. The van der Waals surface area contributed by atoms with Crippen LogP contribution >= 0.6 is 11.3 Å². The van der Waals surface area contributed by atoms with Crippen LogP contribution in [0.4, 0.5) is 13.2 Å². The Labute approximate surface area is 129 Å². The third kappa shape index (κ3) is 4.98. The molecule has 1 aromatic rings. The molecular weight excluding hydrogens is 345 g/mol. The van der Waals surface area contributed by atoms with Gasteiger partial charge in [-0.3, -0.25) is 0 Å². The topological polar surface area (TPSA) is 77.9 Å². The molecule has 0 N–H and O–H groups in total. The zero-order chi connectivity index (χ0) is 16.8. The second-order valence-corrected chi connectivity index (χ2v) is 7.05. The lowest BCUT2D eigenvalue weighted by molar-refractivity contribution is 0.160. The number of methoxy groups -OCH3 is 1. The van der Waals surface area contributed by atoms with Gasteiger partial charge in [-0.25, -0.2) is 12.8 Å². The Kier molecular flexibility index (Phi) is 6.81. The molecule has 0 saturated carbocycles. The van der Waals surface area contributed by atoms with E-state index in [-0.39, 0.29) is 15.1 Å². The maximum Gasteiger partial charge on any atom is 0.301 e. The lowest BCUT2D eigenvalue weighted by atomic mass is 10.4. The van der Waals surface area contributed by atoms with E-state index in [1.54, 1.807) is 6.92 Å². The molecule has 1 rings (SSSR count). The smallest absolute Gasteiger partial charge is 0.301 e. The molecule has 0 atom stereocenters. The van der Waals surface area contributed by atoms with E-state index in [1.165, 1.54) is 13.3 Å². The van der Waals surface area contributed by atoms with Crippen molar-refractivity contribution in [1.29, 1.82) is 0 Å². The molecule has 1 heterocycles. The van der Waals surface area contributed by atoms with Crippen LogP contribution in [0.15, 0.2) is 21.4 Å². The van der Waals surface area contributed by atoms with E-state index in [2.05, 4.69) is 10.1 Å². The third-order valence-electron chi connectivity index (χ3n) is 2.23. The largest absolute Gasteiger partial charge is 0.480 e. The first-order valence-corrected chi connectivity index (χ1v) is 8.41. The monoisotopic (exact) mass is 358 g/mol. The van der Waals surface area contributed by atoms with Crippen LogP contribution in [0.25, 0.3) is 0 Å². The predicted octanol–water partition coefficient (Wildman–Crippen LogP) is 2.76. The number of ether oxygens (including phenoxy) is 1. The fourth-order valence-electron chi connectivity index (χ4n) is 1.22. The quantitative estimate of drug-likeness (QED) is 0.527. The number of allylic oxidation sites excluding steroid dienone is 1. The summed E-state index contributed by atoms with van der Waals surface area (Å²) in [6.07, 6.45) is -2.23. The molecule has 1 aromatic heterocycles. The Morgan fingerprint density at radius 3 is 2.64 bits per heavy atom. The zero-order valence-corrected chi connectivity index (χ0v) is 13.3. The second-order valence-electron chi connectivity index (χ2n) is 3.74. The minimum atomic E-state index is -4.01. The van der Waals surface area contributed by atoms with Gasteiger partial charge in [0.15, 0.2) is 5.83 Å². The van der Waals surface area contributed by atoms with Gasteiger partial charge in [-0.1, -0.05) is 16.5 Å². The number of hydrogen-bond donors (Lipinski definition) is 0. The van der Waals surface area contributed by atoms with Crippen LogP contribution in [0.5, 0.6) is 5.88 Å². The Bertz CT molecular complexity index is 667. The van der Waals surface area contributed by atoms with Gasteiger partial charge in [-0.05, 0) is 6.92 Å². The van der Waals surface area contributed by atoms with Crippen LogP contribution in [0.2, 0.25) is 0 Å². The first-order chi connectivity index (χ1) is 10.3. The predicted molar refractivity (Wildman–Crippen MR) is 74.9 cm³/mol. The van der Waals surface area contributed by atoms with E-state index >= 15 is 0 Å². The Hall–Kier alpha value is -1.62. The van der Waals surface area contributed by atoms with E-state index in [4.69, 9.17) is 9.57 Å². The summed E-state index contributed by atoms with van der Waals surface area (Å²) in [6, 6.07) is 0. The number of nitrogens with zero attached hydrogens (tertiary/aromatic N) is 2. The van der Waals surface area contributed by atoms with Crippen LogP contribution < -0.4 is 4.74 Å². The lowest BCUT2D eigenvalue weighted by Crippen LogP contribution is -2.07. The van der Waals surface area contributed by atoms with Gasteiger partial charge in [0.05, 0.1) is 19.1 Å². The first kappa shape index (κ1) is 18.4. The van der Waals surface area contributed by atoms with Crippen LogP contribution in [0, 0.1) is 0 Å². The maximum absolute atomic E-state index is 12.7. The molecule has 0 radical (unpaired) electrons. The summed E-state index contributed by atoms with van der Waals surface area (Å²) >= 11 is 0.722. The summed E-state index contributed by atoms with van der Waals surface area (Å²) in [6.45, 7) is 2.03. The maximum atomic E-state index is 12.7. The van der Waals surface area contributed by atoms with Gasteiger partial charge in [0.25, 0.3) is 0 Å². The average molecular weight is 358 g/mol. The highest BCUT2D eigenvalue weighted by atomic mass is 32.2. The number of thiazole rings is 1. The molecule has 22 heavy (non-hydrogen) atoms. The number of hydrogen-bond acceptors (Lipinski definition) is 7. The summed E-state index contributed by atoms with van der Waals surface area (Å²) in [5.41, 5.74) is 0. The molecular formula is C11H13F3N2O4S2. The van der Waals surface area contributed by atoms with E-state index in [1.807, 2.05) is 0 Å². The Balaban J connectivity index is 2.98. The van der Waals surface area contributed by atoms with Gasteiger partial charge < -0.3 is 9.57 Å². The van der Waals surface area contributed by atoms with Crippen LogP contribution in [-0.4, -0.2) is 39.1 Å². The molecule has 0 aromatic carbocycles. The molecule has 0 fully saturated rings. The van der Waals surface area contributed by atoms with E-state index < -0.39 is 33.9 Å². The summed E-state index contributed by atoms with van der Waals surface area (Å²) in [5.74, 6) is -2.58. The fourth-order valence-corrected chi connectivity index (χ4v) is 3.73.